The largest absolute Gasteiger partial charge is 0.481 e. The zero-order chi connectivity index (χ0) is 22.7. The highest BCUT2D eigenvalue weighted by Crippen LogP contribution is 2.31. The number of carboxylic acid groups (broad SMARTS) is 1. The summed E-state index contributed by atoms with van der Waals surface area (Å²) >= 11 is 0. The molecule has 2 unspecified atom stereocenters. The van der Waals surface area contributed by atoms with Gasteiger partial charge in [-0.25, -0.2) is 4.39 Å². The van der Waals surface area contributed by atoms with E-state index in [1.165, 1.54) is 6.07 Å². The Morgan fingerprint density at radius 3 is 2.66 bits per heavy atom. The molecule has 0 spiro atoms. The quantitative estimate of drug-likeness (QED) is 0.500. The van der Waals surface area contributed by atoms with E-state index in [0.717, 1.165) is 24.0 Å². The van der Waals surface area contributed by atoms with E-state index in [9.17, 15) is 9.18 Å². The van der Waals surface area contributed by atoms with Crippen molar-refractivity contribution >= 4 is 5.97 Å². The van der Waals surface area contributed by atoms with E-state index in [-0.39, 0.29) is 30.1 Å². The Kier molecular flexibility index (Phi) is 6.65. The number of aryl methyl sites for hydroxylation is 1. The average Bonchev–Trinajstić information content (AvgIpc) is 3.42. The third-order valence-corrected chi connectivity index (χ3v) is 5.97. The van der Waals surface area contributed by atoms with Crippen LogP contribution in [0.25, 0.3) is 22.8 Å². The number of carboxylic acids is 1. The Morgan fingerprint density at radius 1 is 1.22 bits per heavy atom. The molecule has 1 aliphatic heterocycles. The van der Waals surface area contributed by atoms with Crippen LogP contribution in [-0.4, -0.2) is 27.8 Å². The zero-order valence-corrected chi connectivity index (χ0v) is 18.3. The first-order chi connectivity index (χ1) is 15.4. The van der Waals surface area contributed by atoms with Crippen molar-refractivity contribution in [2.75, 3.05) is 6.54 Å². The van der Waals surface area contributed by atoms with Crippen LogP contribution in [0.4, 0.5) is 4.39 Å². The minimum absolute atomic E-state index is 0.145. The number of nitrogens with one attached hydrogen (secondary N) is 1. The molecule has 2 atom stereocenters. The van der Waals surface area contributed by atoms with Crippen LogP contribution in [0.1, 0.15) is 50.3 Å². The third kappa shape index (κ3) is 5.22. The number of nitrogens with zero attached hydrogens (tertiary/aromatic N) is 2. The Morgan fingerprint density at radius 2 is 1.97 bits per heavy atom. The number of benzene rings is 2. The van der Waals surface area contributed by atoms with Crippen molar-refractivity contribution in [3.8, 4) is 22.8 Å². The van der Waals surface area contributed by atoms with Gasteiger partial charge in [-0.1, -0.05) is 49.3 Å². The smallest absolute Gasteiger partial charge is 0.303 e. The zero-order valence-electron chi connectivity index (χ0n) is 18.3. The molecule has 0 radical (unpaired) electrons. The Labute approximate surface area is 186 Å². The summed E-state index contributed by atoms with van der Waals surface area (Å²) in [7, 11) is 0. The van der Waals surface area contributed by atoms with Crippen molar-refractivity contribution in [1.29, 1.82) is 0 Å². The summed E-state index contributed by atoms with van der Waals surface area (Å²) < 4.78 is 19.9. The number of rotatable bonds is 8. The predicted molar refractivity (Wildman–Crippen MR) is 119 cm³/mol. The molecule has 1 fully saturated rings. The molecule has 7 heteroatoms. The van der Waals surface area contributed by atoms with Gasteiger partial charge in [0.05, 0.1) is 0 Å². The summed E-state index contributed by atoms with van der Waals surface area (Å²) in [6, 6.07) is 13.0. The molecule has 2 N–H and O–H groups in total. The highest BCUT2D eigenvalue weighted by molar-refractivity contribution is 5.67. The molecule has 0 aliphatic carbocycles. The van der Waals surface area contributed by atoms with Crippen molar-refractivity contribution in [3.63, 3.8) is 0 Å². The maximum atomic E-state index is 14.5. The fraction of sp³-hybridized carbons (Fsp3) is 0.400. The van der Waals surface area contributed by atoms with E-state index in [1.807, 2.05) is 30.3 Å². The third-order valence-electron chi connectivity index (χ3n) is 5.97. The molecule has 1 aliphatic rings. The number of aromatic nitrogens is 2. The number of halogens is 1. The van der Waals surface area contributed by atoms with Crippen LogP contribution in [0.15, 0.2) is 47.0 Å². The number of hydrogen-bond donors (Lipinski definition) is 2. The summed E-state index contributed by atoms with van der Waals surface area (Å²) in [6.45, 7) is 4.96. The SMILES string of the molecule is CC(C)CCc1ccc(-c2nc(-c3ccc(C4CC(CC(=O)O)CN4)cc3)no2)cc1F. The fourth-order valence-electron chi connectivity index (χ4n) is 4.12. The lowest BCUT2D eigenvalue weighted by Crippen LogP contribution is -2.14. The van der Waals surface area contributed by atoms with Crippen LogP contribution < -0.4 is 5.32 Å². The second-order valence-electron chi connectivity index (χ2n) is 8.94. The molecule has 32 heavy (non-hydrogen) atoms. The van der Waals surface area contributed by atoms with Crippen molar-refractivity contribution in [3.05, 3.63) is 59.4 Å². The standard InChI is InChI=1S/C25H28FN3O3/c1-15(2)3-4-17-5-10-20(13-21(17)26)25-28-24(29-32-25)19-8-6-18(7-9-19)22-11-16(14-27-22)12-23(30)31/h5-10,13,15-16,22,27H,3-4,11-12,14H2,1-2H3,(H,30,31). The number of carbonyl (C=O) groups is 1. The number of hydrogen-bond acceptors (Lipinski definition) is 5. The molecule has 2 heterocycles. The molecule has 1 aromatic heterocycles. The summed E-state index contributed by atoms with van der Waals surface area (Å²) in [5.74, 6) is 0.387. The van der Waals surface area contributed by atoms with E-state index in [1.54, 1.807) is 6.07 Å². The minimum atomic E-state index is -0.759. The van der Waals surface area contributed by atoms with Gasteiger partial charge in [-0.3, -0.25) is 4.79 Å². The van der Waals surface area contributed by atoms with E-state index in [4.69, 9.17) is 9.63 Å². The van der Waals surface area contributed by atoms with Gasteiger partial charge in [0.25, 0.3) is 5.89 Å². The summed E-state index contributed by atoms with van der Waals surface area (Å²) in [6.07, 6.45) is 2.63. The van der Waals surface area contributed by atoms with Crippen LogP contribution in [-0.2, 0) is 11.2 Å². The second kappa shape index (κ2) is 9.61. The van der Waals surface area contributed by atoms with Crippen LogP contribution >= 0.6 is 0 Å². The monoisotopic (exact) mass is 437 g/mol. The van der Waals surface area contributed by atoms with Gasteiger partial charge < -0.3 is 14.9 Å². The van der Waals surface area contributed by atoms with Gasteiger partial charge in [0, 0.05) is 23.6 Å². The van der Waals surface area contributed by atoms with Crippen LogP contribution in [0.3, 0.4) is 0 Å². The Bertz CT molecular complexity index is 1080. The van der Waals surface area contributed by atoms with Crippen LogP contribution in [0.2, 0.25) is 0 Å². The summed E-state index contributed by atoms with van der Waals surface area (Å²) in [4.78, 5) is 15.4. The first-order valence-corrected chi connectivity index (χ1v) is 11.1. The lowest BCUT2D eigenvalue weighted by Gasteiger charge is -2.11. The van der Waals surface area contributed by atoms with E-state index in [0.29, 0.717) is 35.8 Å². The fourth-order valence-corrected chi connectivity index (χ4v) is 4.12. The van der Waals surface area contributed by atoms with E-state index >= 15 is 0 Å². The van der Waals surface area contributed by atoms with Crippen molar-refractivity contribution in [2.24, 2.45) is 11.8 Å². The first-order valence-electron chi connectivity index (χ1n) is 11.1. The van der Waals surface area contributed by atoms with Crippen molar-refractivity contribution in [2.45, 2.75) is 45.6 Å². The van der Waals surface area contributed by atoms with Crippen molar-refractivity contribution < 1.29 is 18.8 Å². The maximum absolute atomic E-state index is 14.5. The van der Waals surface area contributed by atoms with Gasteiger partial charge in [0.1, 0.15) is 5.82 Å². The molecule has 168 valence electrons. The van der Waals surface area contributed by atoms with Gasteiger partial charge in [-0.2, -0.15) is 4.98 Å². The summed E-state index contributed by atoms with van der Waals surface area (Å²) in [5.41, 5.74) is 3.16. The second-order valence-corrected chi connectivity index (χ2v) is 8.94. The molecule has 0 bridgehead atoms. The van der Waals surface area contributed by atoms with E-state index < -0.39 is 5.97 Å². The number of aliphatic carboxylic acids is 1. The molecule has 2 aromatic carbocycles. The molecule has 6 nitrogen and oxygen atoms in total. The van der Waals surface area contributed by atoms with Crippen LogP contribution in [0, 0.1) is 17.7 Å². The molecule has 1 saturated heterocycles. The van der Waals surface area contributed by atoms with Gasteiger partial charge in [0.2, 0.25) is 5.82 Å². The van der Waals surface area contributed by atoms with Gasteiger partial charge in [-0.05, 0) is 60.9 Å². The average molecular weight is 438 g/mol. The highest BCUT2D eigenvalue weighted by atomic mass is 19.1. The van der Waals surface area contributed by atoms with Gasteiger partial charge in [0.15, 0.2) is 0 Å². The summed E-state index contributed by atoms with van der Waals surface area (Å²) in [5, 5.41) is 16.4. The van der Waals surface area contributed by atoms with Crippen molar-refractivity contribution in [1.82, 2.24) is 15.5 Å². The van der Waals surface area contributed by atoms with Gasteiger partial charge in [-0.15, -0.1) is 0 Å². The minimum Gasteiger partial charge on any atom is -0.481 e. The van der Waals surface area contributed by atoms with E-state index in [2.05, 4.69) is 29.3 Å². The molecule has 4 rings (SSSR count). The van der Waals surface area contributed by atoms with Crippen LogP contribution in [0.5, 0.6) is 0 Å². The van der Waals surface area contributed by atoms with Gasteiger partial charge >= 0.3 is 5.97 Å². The molecule has 0 saturated carbocycles. The predicted octanol–water partition coefficient (Wildman–Crippen LogP) is 5.26. The highest BCUT2D eigenvalue weighted by Gasteiger charge is 2.27. The molecular weight excluding hydrogens is 409 g/mol. The maximum Gasteiger partial charge on any atom is 0.303 e. The topological polar surface area (TPSA) is 88.2 Å². The lowest BCUT2D eigenvalue weighted by atomic mass is 9.97. The Hall–Kier alpha value is -3.06. The first kappa shape index (κ1) is 22.1. The Balaban J connectivity index is 1.44. The molecular formula is C25H28FN3O3. The molecule has 0 amide bonds. The lowest BCUT2D eigenvalue weighted by molar-refractivity contribution is -0.137. The normalized spacial score (nSPS) is 18.4. The molecule has 3 aromatic rings.